The maximum atomic E-state index is 11.2. The van der Waals surface area contributed by atoms with E-state index < -0.39 is 33.7 Å². The molecule has 0 aromatic rings. The number of ether oxygens (including phenoxy) is 2. The molecule has 7 nitrogen and oxygen atoms in total. The van der Waals surface area contributed by atoms with E-state index in [1.807, 2.05) is 0 Å². The van der Waals surface area contributed by atoms with Crippen LogP contribution in [0.3, 0.4) is 0 Å². The number of carbonyl (C=O) groups is 2. The molecule has 0 saturated heterocycles. The van der Waals surface area contributed by atoms with Gasteiger partial charge in [-0.25, -0.2) is 0 Å². The van der Waals surface area contributed by atoms with Crippen LogP contribution in [-0.2, 0) is 29.2 Å². The Bertz CT molecular complexity index is 345. The van der Waals surface area contributed by atoms with Crippen molar-refractivity contribution >= 4 is 22.1 Å². The molecule has 0 aromatic carbocycles. The number of esters is 2. The second-order valence-electron chi connectivity index (χ2n) is 3.08. The molecular formula is C8H14O7S. The Labute approximate surface area is 93.5 Å². The first kappa shape index (κ1) is 14.8. The lowest BCUT2D eigenvalue weighted by Gasteiger charge is -2.11. The minimum atomic E-state index is -4.16. The van der Waals surface area contributed by atoms with Crippen LogP contribution in [0, 0.1) is 5.92 Å². The fraction of sp³-hybridized carbons (Fsp3) is 0.750. The number of hydrogen-bond acceptors (Lipinski definition) is 6. The minimum absolute atomic E-state index is 0.194. The summed E-state index contributed by atoms with van der Waals surface area (Å²) in [6.45, 7) is 0. The zero-order valence-corrected chi connectivity index (χ0v) is 9.82. The summed E-state index contributed by atoms with van der Waals surface area (Å²) in [4.78, 5) is 22.1. The summed E-state index contributed by atoms with van der Waals surface area (Å²) < 4.78 is 38.2. The predicted octanol–water partition coefficient (Wildman–Crippen LogP) is -0.383. The molecule has 0 rings (SSSR count). The molecule has 1 N–H and O–H groups in total. The molecule has 0 spiro atoms. The van der Waals surface area contributed by atoms with Crippen molar-refractivity contribution in [3.8, 4) is 0 Å². The van der Waals surface area contributed by atoms with Crippen molar-refractivity contribution in [3.05, 3.63) is 0 Å². The average Bonchev–Trinajstić information content (AvgIpc) is 2.21. The Morgan fingerprint density at radius 3 is 2.19 bits per heavy atom. The first-order valence-corrected chi connectivity index (χ1v) is 6.01. The van der Waals surface area contributed by atoms with Gasteiger partial charge in [0.05, 0.1) is 32.3 Å². The van der Waals surface area contributed by atoms with E-state index >= 15 is 0 Å². The van der Waals surface area contributed by atoms with Gasteiger partial charge in [0.2, 0.25) is 0 Å². The Kier molecular flexibility index (Phi) is 5.97. The highest BCUT2D eigenvalue weighted by molar-refractivity contribution is 7.85. The fourth-order valence-corrected chi connectivity index (χ4v) is 1.63. The van der Waals surface area contributed by atoms with Crippen LogP contribution in [0.5, 0.6) is 0 Å². The van der Waals surface area contributed by atoms with E-state index in [1.54, 1.807) is 0 Å². The lowest BCUT2D eigenvalue weighted by molar-refractivity contribution is -0.152. The minimum Gasteiger partial charge on any atom is -0.469 e. The predicted molar refractivity (Wildman–Crippen MR) is 53.2 cm³/mol. The topological polar surface area (TPSA) is 107 Å². The van der Waals surface area contributed by atoms with Crippen molar-refractivity contribution < 1.29 is 32.0 Å². The smallest absolute Gasteiger partial charge is 0.309 e. The van der Waals surface area contributed by atoms with Crippen LogP contribution < -0.4 is 0 Å². The number of carbonyl (C=O) groups excluding carboxylic acids is 2. The quantitative estimate of drug-likeness (QED) is 0.508. The highest BCUT2D eigenvalue weighted by atomic mass is 32.2. The molecular weight excluding hydrogens is 240 g/mol. The van der Waals surface area contributed by atoms with Crippen LogP contribution in [-0.4, -0.2) is 44.9 Å². The van der Waals surface area contributed by atoms with Crippen LogP contribution in [0.2, 0.25) is 0 Å². The third kappa shape index (κ3) is 6.36. The first-order valence-electron chi connectivity index (χ1n) is 4.40. The molecule has 1 atom stereocenters. The third-order valence-corrected chi connectivity index (χ3v) is 2.65. The molecule has 0 aliphatic rings. The van der Waals surface area contributed by atoms with Crippen molar-refractivity contribution in [2.24, 2.45) is 5.92 Å². The van der Waals surface area contributed by atoms with Crippen molar-refractivity contribution in [2.45, 2.75) is 12.8 Å². The average molecular weight is 254 g/mol. The van der Waals surface area contributed by atoms with E-state index in [1.165, 1.54) is 0 Å². The summed E-state index contributed by atoms with van der Waals surface area (Å²) in [7, 11) is -1.89. The molecule has 0 amide bonds. The monoisotopic (exact) mass is 254 g/mol. The molecule has 94 valence electrons. The molecule has 0 aliphatic carbocycles. The van der Waals surface area contributed by atoms with Crippen molar-refractivity contribution in [1.29, 1.82) is 0 Å². The van der Waals surface area contributed by atoms with Gasteiger partial charge in [-0.15, -0.1) is 0 Å². The molecule has 0 fully saturated rings. The van der Waals surface area contributed by atoms with E-state index in [0.717, 1.165) is 14.2 Å². The summed E-state index contributed by atoms with van der Waals surface area (Å²) in [6.07, 6.45) is -0.473. The molecule has 0 bridgehead atoms. The van der Waals surface area contributed by atoms with Gasteiger partial charge in [-0.2, -0.15) is 8.42 Å². The van der Waals surface area contributed by atoms with Crippen molar-refractivity contribution in [1.82, 2.24) is 0 Å². The summed E-state index contributed by atoms with van der Waals surface area (Å²) in [6, 6.07) is 0. The zero-order valence-electron chi connectivity index (χ0n) is 9.00. The van der Waals surface area contributed by atoms with Gasteiger partial charge in [0.15, 0.2) is 0 Å². The number of methoxy groups -OCH3 is 2. The molecule has 8 heteroatoms. The summed E-state index contributed by atoms with van der Waals surface area (Å²) in [5.41, 5.74) is 0. The molecule has 0 radical (unpaired) electrons. The normalized spacial score (nSPS) is 12.9. The molecule has 0 aliphatic heterocycles. The van der Waals surface area contributed by atoms with Gasteiger partial charge >= 0.3 is 11.9 Å². The Morgan fingerprint density at radius 2 is 1.81 bits per heavy atom. The van der Waals surface area contributed by atoms with Gasteiger partial charge in [-0.05, 0) is 6.42 Å². The van der Waals surface area contributed by atoms with Crippen LogP contribution >= 0.6 is 0 Å². The number of rotatable bonds is 6. The van der Waals surface area contributed by atoms with E-state index in [0.29, 0.717) is 0 Å². The van der Waals surface area contributed by atoms with Gasteiger partial charge in [-0.1, -0.05) is 0 Å². The van der Waals surface area contributed by atoms with Crippen LogP contribution in [0.1, 0.15) is 12.8 Å². The fourth-order valence-electron chi connectivity index (χ4n) is 1.05. The maximum Gasteiger partial charge on any atom is 0.309 e. The maximum absolute atomic E-state index is 11.2. The van der Waals surface area contributed by atoms with Crippen molar-refractivity contribution in [2.75, 3.05) is 20.0 Å². The summed E-state index contributed by atoms with van der Waals surface area (Å²) in [5, 5.41) is 0. The van der Waals surface area contributed by atoms with Crippen LogP contribution in [0.15, 0.2) is 0 Å². The van der Waals surface area contributed by atoms with Crippen LogP contribution in [0.25, 0.3) is 0 Å². The van der Waals surface area contributed by atoms with Crippen LogP contribution in [0.4, 0.5) is 0 Å². The third-order valence-electron chi connectivity index (χ3n) is 1.90. The molecule has 1 unspecified atom stereocenters. The van der Waals surface area contributed by atoms with Gasteiger partial charge in [0, 0.05) is 0 Å². The zero-order chi connectivity index (χ0) is 12.8. The van der Waals surface area contributed by atoms with Gasteiger partial charge in [-0.3, -0.25) is 14.1 Å². The standard InChI is InChI=1S/C8H14O7S/c1-14-7(9)5-6(8(10)15-2)3-4-16(11,12)13/h6H,3-5H2,1-2H3,(H,11,12,13). The van der Waals surface area contributed by atoms with Gasteiger partial charge < -0.3 is 9.47 Å². The van der Waals surface area contributed by atoms with E-state index in [4.69, 9.17) is 4.55 Å². The molecule has 16 heavy (non-hydrogen) atoms. The molecule has 0 saturated carbocycles. The highest BCUT2D eigenvalue weighted by Gasteiger charge is 2.24. The van der Waals surface area contributed by atoms with E-state index in [9.17, 15) is 18.0 Å². The van der Waals surface area contributed by atoms with Gasteiger partial charge in [0.1, 0.15) is 0 Å². The Balaban J connectivity index is 4.44. The first-order chi connectivity index (χ1) is 7.30. The van der Waals surface area contributed by atoms with Gasteiger partial charge in [0.25, 0.3) is 10.1 Å². The SMILES string of the molecule is COC(=O)CC(CCS(=O)(=O)O)C(=O)OC. The second kappa shape index (κ2) is 6.44. The number of hydrogen-bond donors (Lipinski definition) is 1. The Morgan fingerprint density at radius 1 is 1.25 bits per heavy atom. The summed E-state index contributed by atoms with van der Waals surface area (Å²) >= 11 is 0. The summed E-state index contributed by atoms with van der Waals surface area (Å²) in [5.74, 6) is -2.90. The highest BCUT2D eigenvalue weighted by Crippen LogP contribution is 2.12. The largest absolute Gasteiger partial charge is 0.469 e. The lowest BCUT2D eigenvalue weighted by Crippen LogP contribution is -2.23. The van der Waals surface area contributed by atoms with E-state index in [2.05, 4.69) is 9.47 Å². The van der Waals surface area contributed by atoms with E-state index in [-0.39, 0.29) is 12.8 Å². The lowest BCUT2D eigenvalue weighted by atomic mass is 10.0. The molecule has 0 aromatic heterocycles. The molecule has 0 heterocycles. The Hall–Kier alpha value is -1.15. The van der Waals surface area contributed by atoms with Crippen molar-refractivity contribution in [3.63, 3.8) is 0 Å². The second-order valence-corrected chi connectivity index (χ2v) is 4.65.